The molecule has 1 aliphatic rings. The van der Waals surface area contributed by atoms with E-state index in [1.54, 1.807) is 0 Å². The summed E-state index contributed by atoms with van der Waals surface area (Å²) in [5.41, 5.74) is 2.37. The van der Waals surface area contributed by atoms with Crippen LogP contribution in [0.5, 0.6) is 0 Å². The molecule has 2 rings (SSSR count). The number of hydrogen-bond acceptors (Lipinski definition) is 5. The molecule has 1 heterocycles. The zero-order valence-electron chi connectivity index (χ0n) is 12.9. The fourth-order valence-corrected chi connectivity index (χ4v) is 3.74. The third-order valence-corrected chi connectivity index (χ3v) is 5.08. The van der Waals surface area contributed by atoms with Crippen LogP contribution in [0.2, 0.25) is 0 Å². The van der Waals surface area contributed by atoms with Gasteiger partial charge in [0, 0.05) is 10.5 Å². The predicted octanol–water partition coefficient (Wildman–Crippen LogP) is 2.74. The zero-order chi connectivity index (χ0) is 16.2. The van der Waals surface area contributed by atoms with Crippen LogP contribution in [0.25, 0.3) is 0 Å². The van der Waals surface area contributed by atoms with Crippen molar-refractivity contribution >= 4 is 24.1 Å². The van der Waals surface area contributed by atoms with Crippen molar-refractivity contribution in [3.63, 3.8) is 0 Å². The van der Waals surface area contributed by atoms with E-state index in [1.807, 2.05) is 23.9 Å². The molecule has 1 aromatic carbocycles. The number of ether oxygens (including phenoxy) is 1. The number of carbonyl (C=O) groups is 1. The minimum Gasteiger partial charge on any atom is -0.468 e. The Kier molecular flexibility index (Phi) is 5.09. The lowest BCUT2D eigenvalue weighted by Crippen LogP contribution is -2.40. The number of esters is 1. The van der Waals surface area contributed by atoms with E-state index in [1.165, 1.54) is 23.9 Å². The molecule has 0 saturated heterocycles. The molecule has 22 heavy (non-hydrogen) atoms. The van der Waals surface area contributed by atoms with Gasteiger partial charge in [-0.3, -0.25) is 14.7 Å². The number of carbonyl (C=O) groups excluding carboxylic acids is 1. The van der Waals surface area contributed by atoms with Crippen molar-refractivity contribution in [2.24, 2.45) is 4.99 Å². The molecule has 0 N–H and O–H groups in total. The summed E-state index contributed by atoms with van der Waals surface area (Å²) in [5, 5.41) is 9.52. The van der Waals surface area contributed by atoms with Crippen molar-refractivity contribution in [3.8, 4) is 6.19 Å². The molecular weight excluding hydrogens is 298 g/mol. The molecule has 0 radical (unpaired) electrons. The van der Waals surface area contributed by atoms with Crippen molar-refractivity contribution in [1.82, 2.24) is 4.90 Å². The fraction of sp³-hybridized carbons (Fsp3) is 0.438. The van der Waals surface area contributed by atoms with Gasteiger partial charge >= 0.3 is 5.97 Å². The number of nitrogens with zero attached hydrogens (tertiary/aromatic N) is 3. The average molecular weight is 317 g/mol. The maximum Gasteiger partial charge on any atom is 0.327 e. The average Bonchev–Trinajstić information content (AvgIpc) is 2.51. The van der Waals surface area contributed by atoms with Gasteiger partial charge in [0.2, 0.25) is 0 Å². The van der Waals surface area contributed by atoms with Gasteiger partial charge in [-0.1, -0.05) is 24.3 Å². The standard InChI is InChI=1S/C16H19N3O2S/c1-16(2)15(13-7-5-4-6-12(13)9-22-16)19(10-17)11-18-8-14(20)21-3/h4-7,11,15H,8-9H2,1-3H3. The van der Waals surface area contributed by atoms with E-state index >= 15 is 0 Å². The zero-order valence-corrected chi connectivity index (χ0v) is 13.8. The number of thioether (sulfide) groups is 1. The van der Waals surface area contributed by atoms with Crippen LogP contribution in [0, 0.1) is 11.5 Å². The van der Waals surface area contributed by atoms with Gasteiger partial charge in [-0.15, -0.1) is 11.8 Å². The molecule has 0 aliphatic carbocycles. The Morgan fingerprint density at radius 1 is 1.59 bits per heavy atom. The van der Waals surface area contributed by atoms with E-state index in [-0.39, 0.29) is 17.3 Å². The lowest BCUT2D eigenvalue weighted by Gasteiger charge is -2.42. The number of aliphatic imine (C=N–C) groups is 1. The quantitative estimate of drug-likeness (QED) is 0.281. The Hall–Kier alpha value is -2.00. The second-order valence-electron chi connectivity index (χ2n) is 5.53. The molecule has 0 aromatic heterocycles. The Morgan fingerprint density at radius 2 is 2.32 bits per heavy atom. The highest BCUT2D eigenvalue weighted by Crippen LogP contribution is 2.47. The summed E-state index contributed by atoms with van der Waals surface area (Å²) in [6.07, 6.45) is 3.62. The van der Waals surface area contributed by atoms with Crippen LogP contribution in [-0.2, 0) is 15.3 Å². The molecule has 0 bridgehead atoms. The van der Waals surface area contributed by atoms with E-state index in [2.05, 4.69) is 41.9 Å². The third kappa shape index (κ3) is 3.42. The number of fused-ring (bicyclic) bond motifs is 1. The highest BCUT2D eigenvalue weighted by molar-refractivity contribution is 8.00. The highest BCUT2D eigenvalue weighted by atomic mass is 32.2. The molecule has 1 atom stereocenters. The first-order valence-electron chi connectivity index (χ1n) is 6.96. The van der Waals surface area contributed by atoms with E-state index in [9.17, 15) is 10.1 Å². The lowest BCUT2D eigenvalue weighted by molar-refractivity contribution is -0.138. The van der Waals surface area contributed by atoms with Crippen LogP contribution in [-0.4, -0.2) is 35.6 Å². The van der Waals surface area contributed by atoms with Gasteiger partial charge < -0.3 is 4.74 Å². The SMILES string of the molecule is COC(=O)CN=CN(C#N)C1c2ccccc2CSC1(C)C. The first-order chi connectivity index (χ1) is 10.5. The summed E-state index contributed by atoms with van der Waals surface area (Å²) < 4.78 is 4.41. The van der Waals surface area contributed by atoms with Crippen LogP contribution in [0.1, 0.15) is 31.0 Å². The van der Waals surface area contributed by atoms with Gasteiger partial charge in [0.25, 0.3) is 0 Å². The molecule has 1 aromatic rings. The van der Waals surface area contributed by atoms with Crippen molar-refractivity contribution in [2.45, 2.75) is 30.4 Å². The fourth-order valence-electron chi connectivity index (χ4n) is 2.55. The summed E-state index contributed by atoms with van der Waals surface area (Å²) in [7, 11) is 1.32. The van der Waals surface area contributed by atoms with Crippen molar-refractivity contribution < 1.29 is 9.53 Å². The van der Waals surface area contributed by atoms with Gasteiger partial charge in [-0.2, -0.15) is 5.26 Å². The molecule has 5 nitrogen and oxygen atoms in total. The smallest absolute Gasteiger partial charge is 0.327 e. The molecule has 1 unspecified atom stereocenters. The summed E-state index contributed by atoms with van der Waals surface area (Å²) in [6.45, 7) is 4.16. The van der Waals surface area contributed by atoms with E-state index in [4.69, 9.17) is 0 Å². The van der Waals surface area contributed by atoms with Crippen molar-refractivity contribution in [3.05, 3.63) is 35.4 Å². The summed E-state index contributed by atoms with van der Waals surface area (Å²) in [4.78, 5) is 16.7. The van der Waals surface area contributed by atoms with Crippen LogP contribution in [0.3, 0.4) is 0 Å². The minimum absolute atomic E-state index is 0.0867. The number of nitriles is 1. The van der Waals surface area contributed by atoms with Crippen LogP contribution < -0.4 is 0 Å². The largest absolute Gasteiger partial charge is 0.468 e. The normalized spacial score (nSPS) is 19.3. The van der Waals surface area contributed by atoms with Gasteiger partial charge in [0.1, 0.15) is 6.54 Å². The van der Waals surface area contributed by atoms with Gasteiger partial charge in [-0.05, 0) is 25.0 Å². The maximum atomic E-state index is 11.1. The minimum atomic E-state index is -0.424. The second-order valence-corrected chi connectivity index (χ2v) is 7.16. The molecule has 0 spiro atoms. The van der Waals surface area contributed by atoms with E-state index in [0.29, 0.717) is 0 Å². The Balaban J connectivity index is 2.30. The highest BCUT2D eigenvalue weighted by Gasteiger charge is 2.40. The van der Waals surface area contributed by atoms with Crippen LogP contribution in [0.4, 0.5) is 0 Å². The van der Waals surface area contributed by atoms with E-state index in [0.717, 1.165) is 11.3 Å². The molecule has 0 amide bonds. The Labute approximate surface area is 135 Å². The van der Waals surface area contributed by atoms with Gasteiger partial charge in [-0.25, -0.2) is 0 Å². The van der Waals surface area contributed by atoms with Crippen LogP contribution in [0.15, 0.2) is 29.3 Å². The predicted molar refractivity (Wildman–Crippen MR) is 87.4 cm³/mol. The second kappa shape index (κ2) is 6.84. The summed E-state index contributed by atoms with van der Waals surface area (Å²) >= 11 is 1.81. The van der Waals surface area contributed by atoms with Gasteiger partial charge in [0.15, 0.2) is 6.19 Å². The number of benzene rings is 1. The first kappa shape index (κ1) is 16.4. The molecular formula is C16H19N3O2S. The van der Waals surface area contributed by atoms with Crippen LogP contribution >= 0.6 is 11.8 Å². The maximum absolute atomic E-state index is 11.1. The monoisotopic (exact) mass is 317 g/mol. The Morgan fingerprint density at radius 3 is 3.00 bits per heavy atom. The summed E-state index contributed by atoms with van der Waals surface area (Å²) in [5.74, 6) is 0.505. The molecule has 6 heteroatoms. The van der Waals surface area contributed by atoms with Crippen molar-refractivity contribution in [1.29, 1.82) is 5.26 Å². The Bertz CT molecular complexity index is 622. The number of hydrogen-bond donors (Lipinski definition) is 0. The number of methoxy groups -OCH3 is 1. The van der Waals surface area contributed by atoms with Gasteiger partial charge in [0.05, 0.1) is 19.5 Å². The topological polar surface area (TPSA) is 65.7 Å². The third-order valence-electron chi connectivity index (χ3n) is 3.66. The molecule has 1 aliphatic heterocycles. The molecule has 0 fully saturated rings. The first-order valence-corrected chi connectivity index (χ1v) is 7.94. The molecule has 0 saturated carbocycles. The number of rotatable bonds is 4. The van der Waals surface area contributed by atoms with Crippen molar-refractivity contribution in [2.75, 3.05) is 13.7 Å². The lowest BCUT2D eigenvalue weighted by atomic mass is 9.90. The molecule has 116 valence electrons. The van der Waals surface area contributed by atoms with E-state index < -0.39 is 5.97 Å². The summed E-state index contributed by atoms with van der Waals surface area (Å²) in [6, 6.07) is 8.02.